The van der Waals surface area contributed by atoms with E-state index in [9.17, 15) is 13.2 Å². The molecule has 0 fully saturated rings. The summed E-state index contributed by atoms with van der Waals surface area (Å²) in [5.41, 5.74) is 2.30. The predicted octanol–water partition coefficient (Wildman–Crippen LogP) is 3.17. The van der Waals surface area contributed by atoms with Gasteiger partial charge in [-0.05, 0) is 18.2 Å². The summed E-state index contributed by atoms with van der Waals surface area (Å²) in [6, 6.07) is 10.1. The van der Waals surface area contributed by atoms with Crippen LogP contribution in [0.5, 0.6) is 17.2 Å². The molecular weight excluding hydrogens is 434 g/mol. The van der Waals surface area contributed by atoms with E-state index in [1.807, 2.05) is 6.07 Å². The molecule has 2 aromatic carbocycles. The van der Waals surface area contributed by atoms with E-state index in [2.05, 4.69) is 9.82 Å². The Labute approximate surface area is 188 Å². The molecule has 0 saturated heterocycles. The first kappa shape index (κ1) is 23.4. The van der Waals surface area contributed by atoms with Crippen molar-refractivity contribution in [1.82, 2.24) is 5.01 Å². The fraction of sp³-hybridized carbons (Fsp3) is 0.364. The van der Waals surface area contributed by atoms with Gasteiger partial charge in [-0.1, -0.05) is 25.1 Å². The van der Waals surface area contributed by atoms with Crippen LogP contribution in [0, 0.1) is 0 Å². The molecule has 1 atom stereocenters. The topological polar surface area (TPSA) is 107 Å². The number of nitrogens with zero attached hydrogens (tertiary/aromatic N) is 2. The predicted molar refractivity (Wildman–Crippen MR) is 122 cm³/mol. The van der Waals surface area contributed by atoms with E-state index in [1.54, 1.807) is 37.3 Å². The first-order valence-electron chi connectivity index (χ1n) is 9.99. The monoisotopic (exact) mass is 461 g/mol. The Bertz CT molecular complexity index is 1150. The highest BCUT2D eigenvalue weighted by Gasteiger charge is 2.36. The summed E-state index contributed by atoms with van der Waals surface area (Å²) < 4.78 is 42.7. The molecule has 1 aliphatic rings. The molecule has 0 saturated carbocycles. The molecule has 1 unspecified atom stereocenters. The van der Waals surface area contributed by atoms with E-state index in [4.69, 9.17) is 14.2 Å². The molecule has 3 rings (SSSR count). The van der Waals surface area contributed by atoms with Gasteiger partial charge in [-0.25, -0.2) is 13.4 Å². The third kappa shape index (κ3) is 4.64. The van der Waals surface area contributed by atoms with Gasteiger partial charge >= 0.3 is 0 Å². The molecule has 0 spiro atoms. The van der Waals surface area contributed by atoms with Gasteiger partial charge in [-0.2, -0.15) is 5.10 Å². The molecule has 0 aliphatic carbocycles. The average molecular weight is 462 g/mol. The molecular formula is C22H27N3O6S. The van der Waals surface area contributed by atoms with E-state index in [-0.39, 0.29) is 12.3 Å². The Hall–Kier alpha value is -3.27. The minimum Gasteiger partial charge on any atom is -0.493 e. The third-order valence-corrected chi connectivity index (χ3v) is 5.69. The molecule has 1 N–H and O–H groups in total. The van der Waals surface area contributed by atoms with Gasteiger partial charge in [-0.3, -0.25) is 9.52 Å². The highest BCUT2D eigenvalue weighted by Crippen LogP contribution is 2.46. The summed E-state index contributed by atoms with van der Waals surface area (Å²) in [5.74, 6) is 1.20. The van der Waals surface area contributed by atoms with Crippen molar-refractivity contribution < 1.29 is 27.4 Å². The van der Waals surface area contributed by atoms with E-state index in [1.165, 1.54) is 26.3 Å². The average Bonchev–Trinajstić information content (AvgIpc) is 3.21. The number of ether oxygens (including phenoxy) is 3. The number of hydrogen-bond donors (Lipinski definition) is 1. The number of amides is 1. The Morgan fingerprint density at radius 1 is 1.09 bits per heavy atom. The van der Waals surface area contributed by atoms with Crippen molar-refractivity contribution in [2.75, 3.05) is 32.3 Å². The van der Waals surface area contributed by atoms with Crippen molar-refractivity contribution in [3.63, 3.8) is 0 Å². The summed E-state index contributed by atoms with van der Waals surface area (Å²) in [7, 11) is 1.08. The van der Waals surface area contributed by atoms with Crippen molar-refractivity contribution in [2.45, 2.75) is 25.8 Å². The number of hydrazone groups is 1. The lowest BCUT2D eigenvalue weighted by Gasteiger charge is -2.24. The number of carbonyl (C=O) groups excluding carboxylic acids is 1. The van der Waals surface area contributed by atoms with E-state index in [0.29, 0.717) is 46.2 Å². The minimum absolute atomic E-state index is 0.171. The lowest BCUT2D eigenvalue weighted by atomic mass is 9.96. The van der Waals surface area contributed by atoms with Crippen LogP contribution in [-0.4, -0.2) is 52.6 Å². The quantitative estimate of drug-likeness (QED) is 0.647. The number of methoxy groups -OCH3 is 3. The van der Waals surface area contributed by atoms with Gasteiger partial charge in [0.05, 0.1) is 45.0 Å². The fourth-order valence-electron chi connectivity index (χ4n) is 3.72. The molecule has 1 amide bonds. The Balaban J connectivity index is 2.10. The summed E-state index contributed by atoms with van der Waals surface area (Å²) in [6.07, 6.45) is 1.70. The van der Waals surface area contributed by atoms with E-state index < -0.39 is 16.1 Å². The van der Waals surface area contributed by atoms with Crippen LogP contribution < -0.4 is 18.9 Å². The first-order valence-corrected chi connectivity index (χ1v) is 11.9. The van der Waals surface area contributed by atoms with Crippen molar-refractivity contribution in [3.05, 3.63) is 47.5 Å². The van der Waals surface area contributed by atoms with Crippen molar-refractivity contribution in [3.8, 4) is 17.2 Å². The maximum absolute atomic E-state index is 12.8. The zero-order valence-corrected chi connectivity index (χ0v) is 19.5. The maximum Gasteiger partial charge on any atom is 0.242 e. The van der Waals surface area contributed by atoms with Crippen molar-refractivity contribution in [2.24, 2.45) is 5.10 Å². The molecule has 1 heterocycles. The van der Waals surface area contributed by atoms with Crippen LogP contribution in [0.1, 0.15) is 36.9 Å². The zero-order chi connectivity index (χ0) is 23.5. The van der Waals surface area contributed by atoms with Gasteiger partial charge in [0, 0.05) is 24.0 Å². The van der Waals surface area contributed by atoms with Crippen molar-refractivity contribution >= 4 is 27.3 Å². The molecule has 0 bridgehead atoms. The van der Waals surface area contributed by atoms with Crippen LogP contribution in [0.15, 0.2) is 41.5 Å². The van der Waals surface area contributed by atoms with Crippen LogP contribution in [0.4, 0.5) is 5.69 Å². The van der Waals surface area contributed by atoms with E-state index in [0.717, 1.165) is 6.26 Å². The zero-order valence-electron chi connectivity index (χ0n) is 18.7. The number of hydrogen-bond acceptors (Lipinski definition) is 7. The van der Waals surface area contributed by atoms with Gasteiger partial charge in [0.2, 0.25) is 21.7 Å². The first-order chi connectivity index (χ1) is 15.2. The number of nitrogens with one attached hydrogen (secondary N) is 1. The van der Waals surface area contributed by atoms with Crippen LogP contribution in [0.2, 0.25) is 0 Å². The van der Waals surface area contributed by atoms with Crippen LogP contribution >= 0.6 is 0 Å². The SMILES string of the molecule is CCC(=O)N1N=C(c2ccccc2NS(C)(=O)=O)CC1c1ccc(OC)c(OC)c1OC. The Morgan fingerprint density at radius 3 is 2.38 bits per heavy atom. The molecule has 0 aromatic heterocycles. The van der Waals surface area contributed by atoms with Gasteiger partial charge in [0.1, 0.15) is 0 Å². The highest BCUT2D eigenvalue weighted by atomic mass is 32.2. The molecule has 0 radical (unpaired) electrons. The van der Waals surface area contributed by atoms with Crippen LogP contribution in [0.25, 0.3) is 0 Å². The summed E-state index contributed by atoms with van der Waals surface area (Å²) in [4.78, 5) is 12.8. The smallest absolute Gasteiger partial charge is 0.242 e. The maximum atomic E-state index is 12.8. The molecule has 10 heteroatoms. The van der Waals surface area contributed by atoms with Gasteiger partial charge in [-0.15, -0.1) is 0 Å². The fourth-order valence-corrected chi connectivity index (χ4v) is 4.30. The van der Waals surface area contributed by atoms with Crippen LogP contribution in [-0.2, 0) is 14.8 Å². The second-order valence-electron chi connectivity index (χ2n) is 7.20. The van der Waals surface area contributed by atoms with Crippen LogP contribution in [0.3, 0.4) is 0 Å². The minimum atomic E-state index is -3.49. The molecule has 172 valence electrons. The number of rotatable bonds is 8. The molecule has 1 aliphatic heterocycles. The van der Waals surface area contributed by atoms with Gasteiger partial charge < -0.3 is 14.2 Å². The molecule has 9 nitrogen and oxygen atoms in total. The Kier molecular flexibility index (Phi) is 6.93. The number of sulfonamides is 1. The molecule has 32 heavy (non-hydrogen) atoms. The lowest BCUT2D eigenvalue weighted by Crippen LogP contribution is -2.26. The number of anilines is 1. The lowest BCUT2D eigenvalue weighted by molar-refractivity contribution is -0.132. The summed E-state index contributed by atoms with van der Waals surface area (Å²) in [6.45, 7) is 1.76. The third-order valence-electron chi connectivity index (χ3n) is 5.10. The largest absolute Gasteiger partial charge is 0.493 e. The summed E-state index contributed by atoms with van der Waals surface area (Å²) in [5, 5.41) is 6.02. The highest BCUT2D eigenvalue weighted by molar-refractivity contribution is 7.92. The van der Waals surface area contributed by atoms with Gasteiger partial charge in [0.15, 0.2) is 11.5 Å². The number of para-hydroxylation sites is 1. The normalized spacial score (nSPS) is 15.8. The van der Waals surface area contributed by atoms with Gasteiger partial charge in [0.25, 0.3) is 0 Å². The second kappa shape index (κ2) is 9.47. The standard InChI is InChI=1S/C22H27N3O6S/c1-6-20(26)25-18(15-11-12-19(29-2)22(31-4)21(15)30-3)13-17(23-25)14-9-7-8-10-16(14)24-32(5,27)28/h7-12,18,24H,6,13H2,1-5H3. The van der Waals surface area contributed by atoms with E-state index >= 15 is 0 Å². The second-order valence-corrected chi connectivity index (χ2v) is 8.95. The number of carbonyl (C=O) groups is 1. The summed E-state index contributed by atoms with van der Waals surface area (Å²) >= 11 is 0. The molecule has 2 aromatic rings. The number of benzene rings is 2. The van der Waals surface area contributed by atoms with Crippen molar-refractivity contribution in [1.29, 1.82) is 0 Å². The Morgan fingerprint density at radius 2 is 1.78 bits per heavy atom.